The third-order valence-corrected chi connectivity index (χ3v) is 1.36. The first-order valence-corrected chi connectivity index (χ1v) is 3.54. The summed E-state index contributed by atoms with van der Waals surface area (Å²) in [6.45, 7) is 6.74. The van der Waals surface area contributed by atoms with E-state index in [1.807, 2.05) is 20.8 Å². The molecule has 0 aromatic heterocycles. The van der Waals surface area contributed by atoms with Crippen molar-refractivity contribution in [3.63, 3.8) is 0 Å². The van der Waals surface area contributed by atoms with Crippen molar-refractivity contribution in [2.75, 3.05) is 6.54 Å². The zero-order chi connectivity index (χ0) is 7.61. The molecular formula is C7H14N2O. The van der Waals surface area contributed by atoms with Crippen LogP contribution in [-0.4, -0.2) is 24.7 Å². The van der Waals surface area contributed by atoms with Crippen molar-refractivity contribution in [1.82, 2.24) is 5.32 Å². The molecule has 0 bridgehead atoms. The molecule has 0 radical (unpaired) electrons. The van der Waals surface area contributed by atoms with Crippen LogP contribution in [0.25, 0.3) is 0 Å². The number of nitrogens with zero attached hydrogens (tertiary/aromatic N) is 1. The Bertz CT molecular complexity index is 143. The van der Waals surface area contributed by atoms with Crippen LogP contribution in [0.1, 0.15) is 20.8 Å². The quantitative estimate of drug-likeness (QED) is 0.541. The lowest BCUT2D eigenvalue weighted by Crippen LogP contribution is -2.41. The summed E-state index contributed by atoms with van der Waals surface area (Å²) in [5, 5.41) is 3.04. The van der Waals surface area contributed by atoms with E-state index >= 15 is 0 Å². The van der Waals surface area contributed by atoms with E-state index in [1.54, 1.807) is 6.34 Å². The van der Waals surface area contributed by atoms with Gasteiger partial charge >= 0.3 is 0 Å². The topological polar surface area (TPSA) is 33.6 Å². The summed E-state index contributed by atoms with van der Waals surface area (Å²) < 4.78 is 5.56. The summed E-state index contributed by atoms with van der Waals surface area (Å²) in [6.07, 6.45) is 1.92. The highest BCUT2D eigenvalue weighted by atomic mass is 16.5. The van der Waals surface area contributed by atoms with Crippen LogP contribution in [-0.2, 0) is 4.74 Å². The van der Waals surface area contributed by atoms with Crippen molar-refractivity contribution in [2.24, 2.45) is 4.99 Å². The van der Waals surface area contributed by atoms with Gasteiger partial charge in [0.05, 0.1) is 19.0 Å². The van der Waals surface area contributed by atoms with Gasteiger partial charge in [0.2, 0.25) is 0 Å². The molecule has 1 rings (SSSR count). The number of nitrogens with one attached hydrogen (secondary N) is 1. The molecule has 58 valence electrons. The van der Waals surface area contributed by atoms with Gasteiger partial charge in [-0.05, 0) is 20.8 Å². The van der Waals surface area contributed by atoms with Crippen molar-refractivity contribution in [3.8, 4) is 0 Å². The molecule has 0 amide bonds. The van der Waals surface area contributed by atoms with E-state index in [0.29, 0.717) is 0 Å². The lowest BCUT2D eigenvalue weighted by molar-refractivity contribution is -0.0639. The van der Waals surface area contributed by atoms with Gasteiger partial charge in [-0.2, -0.15) is 0 Å². The highest BCUT2D eigenvalue weighted by Gasteiger charge is 2.21. The van der Waals surface area contributed by atoms with Crippen molar-refractivity contribution in [1.29, 1.82) is 0 Å². The van der Waals surface area contributed by atoms with E-state index in [4.69, 9.17) is 4.74 Å². The summed E-state index contributed by atoms with van der Waals surface area (Å²) in [6, 6.07) is 0. The summed E-state index contributed by atoms with van der Waals surface area (Å²) in [5.41, 5.74) is -0.264. The normalized spacial score (nSPS) is 30.9. The second-order valence-electron chi connectivity index (χ2n) is 3.08. The van der Waals surface area contributed by atoms with Crippen LogP contribution >= 0.6 is 0 Å². The second kappa shape index (κ2) is 2.58. The second-order valence-corrected chi connectivity index (χ2v) is 3.08. The lowest BCUT2D eigenvalue weighted by Gasteiger charge is -2.26. The van der Waals surface area contributed by atoms with Crippen molar-refractivity contribution in [2.45, 2.75) is 32.6 Å². The van der Waals surface area contributed by atoms with E-state index in [9.17, 15) is 0 Å². The molecule has 0 aromatic carbocycles. The molecular weight excluding hydrogens is 128 g/mol. The molecule has 3 nitrogen and oxygen atoms in total. The highest BCUT2D eigenvalue weighted by molar-refractivity contribution is 5.55. The molecule has 1 aliphatic heterocycles. The lowest BCUT2D eigenvalue weighted by atomic mass is 10.3. The zero-order valence-electron chi connectivity index (χ0n) is 6.72. The van der Waals surface area contributed by atoms with Gasteiger partial charge in [0.1, 0.15) is 5.72 Å². The SMILES string of the molecule is CC1CN=CNC(C)(C)O1. The van der Waals surface area contributed by atoms with Crippen LogP contribution in [0.2, 0.25) is 0 Å². The van der Waals surface area contributed by atoms with Crippen molar-refractivity contribution in [3.05, 3.63) is 0 Å². The number of rotatable bonds is 0. The smallest absolute Gasteiger partial charge is 0.134 e. The van der Waals surface area contributed by atoms with Gasteiger partial charge in [-0.1, -0.05) is 0 Å². The third kappa shape index (κ3) is 1.99. The summed E-state index contributed by atoms with van der Waals surface area (Å²) >= 11 is 0. The van der Waals surface area contributed by atoms with E-state index in [0.717, 1.165) is 6.54 Å². The molecule has 0 saturated carbocycles. The number of aliphatic imine (C=N–C) groups is 1. The van der Waals surface area contributed by atoms with Crippen molar-refractivity contribution < 1.29 is 4.74 Å². The van der Waals surface area contributed by atoms with E-state index in [2.05, 4.69) is 10.3 Å². The minimum absolute atomic E-state index is 0.209. The minimum Gasteiger partial charge on any atom is -0.352 e. The maximum Gasteiger partial charge on any atom is 0.134 e. The third-order valence-electron chi connectivity index (χ3n) is 1.36. The van der Waals surface area contributed by atoms with E-state index < -0.39 is 0 Å². The van der Waals surface area contributed by atoms with Gasteiger partial charge in [0, 0.05) is 0 Å². The average Bonchev–Trinajstić information content (AvgIpc) is 1.90. The number of hydrogen-bond acceptors (Lipinski definition) is 3. The minimum atomic E-state index is -0.264. The monoisotopic (exact) mass is 142 g/mol. The van der Waals surface area contributed by atoms with E-state index in [1.165, 1.54) is 0 Å². The fourth-order valence-electron chi connectivity index (χ4n) is 0.976. The van der Waals surface area contributed by atoms with Crippen LogP contribution in [0.3, 0.4) is 0 Å². The molecule has 1 atom stereocenters. The molecule has 0 aliphatic carbocycles. The fourth-order valence-corrected chi connectivity index (χ4v) is 0.976. The first-order chi connectivity index (χ1) is 4.60. The van der Waals surface area contributed by atoms with Gasteiger partial charge in [0.25, 0.3) is 0 Å². The average molecular weight is 142 g/mol. The standard InChI is InChI=1S/C7H14N2O/c1-6-4-8-5-9-7(2,3)10-6/h5-6H,4H2,1-3H3,(H,8,9). The fraction of sp³-hybridized carbons (Fsp3) is 0.857. The highest BCUT2D eigenvalue weighted by Crippen LogP contribution is 2.09. The summed E-state index contributed by atoms with van der Waals surface area (Å²) in [4.78, 5) is 4.09. The molecule has 1 heterocycles. The molecule has 0 fully saturated rings. The molecule has 10 heavy (non-hydrogen) atoms. The molecule has 1 N–H and O–H groups in total. The molecule has 1 unspecified atom stereocenters. The summed E-state index contributed by atoms with van der Waals surface area (Å²) in [5.74, 6) is 0. The molecule has 0 spiro atoms. The van der Waals surface area contributed by atoms with Gasteiger partial charge in [-0.25, -0.2) is 0 Å². The Morgan fingerprint density at radius 3 is 3.10 bits per heavy atom. The van der Waals surface area contributed by atoms with Crippen LogP contribution < -0.4 is 5.32 Å². The molecule has 0 saturated heterocycles. The number of hydrogen-bond donors (Lipinski definition) is 1. The zero-order valence-corrected chi connectivity index (χ0v) is 6.72. The van der Waals surface area contributed by atoms with Crippen LogP contribution in [0.5, 0.6) is 0 Å². The predicted octanol–water partition coefficient (Wildman–Crippen LogP) is 0.759. The van der Waals surface area contributed by atoms with Crippen LogP contribution in [0.15, 0.2) is 4.99 Å². The Morgan fingerprint density at radius 2 is 2.40 bits per heavy atom. The molecule has 1 aliphatic rings. The van der Waals surface area contributed by atoms with Gasteiger partial charge in [-0.3, -0.25) is 4.99 Å². The van der Waals surface area contributed by atoms with Crippen LogP contribution in [0, 0.1) is 0 Å². The van der Waals surface area contributed by atoms with Gasteiger partial charge in [0.15, 0.2) is 0 Å². The maximum atomic E-state index is 5.56. The van der Waals surface area contributed by atoms with Gasteiger partial charge < -0.3 is 10.1 Å². The first kappa shape index (κ1) is 7.54. The Balaban J connectivity index is 2.57. The van der Waals surface area contributed by atoms with Crippen molar-refractivity contribution >= 4 is 6.34 Å². The Labute approximate surface area is 61.5 Å². The number of ether oxygens (including phenoxy) is 1. The largest absolute Gasteiger partial charge is 0.352 e. The van der Waals surface area contributed by atoms with Crippen LogP contribution in [0.4, 0.5) is 0 Å². The van der Waals surface area contributed by atoms with Gasteiger partial charge in [-0.15, -0.1) is 0 Å². The maximum absolute atomic E-state index is 5.56. The first-order valence-electron chi connectivity index (χ1n) is 3.54. The summed E-state index contributed by atoms with van der Waals surface area (Å²) in [7, 11) is 0. The van der Waals surface area contributed by atoms with E-state index in [-0.39, 0.29) is 11.8 Å². The predicted molar refractivity (Wildman–Crippen MR) is 41.1 cm³/mol. The Morgan fingerprint density at radius 1 is 1.70 bits per heavy atom. The molecule has 3 heteroatoms. The molecule has 0 aromatic rings. The Hall–Kier alpha value is -0.570. The Kier molecular flexibility index (Phi) is 1.94.